The first-order valence-electron chi connectivity index (χ1n) is 5.72. The molecule has 0 aromatic heterocycles. The van der Waals surface area contributed by atoms with Crippen LogP contribution < -0.4 is 4.74 Å². The second kappa shape index (κ2) is 6.64. The van der Waals surface area contributed by atoms with Gasteiger partial charge in [-0.1, -0.05) is 22.0 Å². The SMILES string of the molecule is CCN(CC)C(=O)Cc1ccc(Br)cc1OC. The Labute approximate surface area is 111 Å². The highest BCUT2D eigenvalue weighted by Crippen LogP contribution is 2.24. The monoisotopic (exact) mass is 299 g/mol. The van der Waals surface area contributed by atoms with E-state index in [4.69, 9.17) is 4.74 Å². The largest absolute Gasteiger partial charge is 0.496 e. The molecule has 0 unspecified atom stereocenters. The first-order chi connectivity index (χ1) is 8.12. The average Bonchev–Trinajstić information content (AvgIpc) is 2.33. The number of amides is 1. The first-order valence-corrected chi connectivity index (χ1v) is 6.51. The molecule has 0 spiro atoms. The van der Waals surface area contributed by atoms with Crippen molar-refractivity contribution >= 4 is 21.8 Å². The maximum atomic E-state index is 12.0. The molecule has 1 amide bonds. The van der Waals surface area contributed by atoms with Crippen molar-refractivity contribution in [3.8, 4) is 5.75 Å². The van der Waals surface area contributed by atoms with Crippen LogP contribution in [0.5, 0.6) is 5.75 Å². The van der Waals surface area contributed by atoms with Crippen molar-refractivity contribution in [2.75, 3.05) is 20.2 Å². The second-order valence-electron chi connectivity index (χ2n) is 3.70. The zero-order valence-electron chi connectivity index (χ0n) is 10.5. The van der Waals surface area contributed by atoms with Crippen molar-refractivity contribution in [2.24, 2.45) is 0 Å². The third kappa shape index (κ3) is 3.73. The summed E-state index contributed by atoms with van der Waals surface area (Å²) in [6, 6.07) is 5.72. The Morgan fingerprint density at radius 3 is 2.53 bits per heavy atom. The van der Waals surface area contributed by atoms with Crippen LogP contribution in [-0.4, -0.2) is 31.0 Å². The number of hydrogen-bond acceptors (Lipinski definition) is 2. The molecule has 94 valence electrons. The molecule has 0 heterocycles. The summed E-state index contributed by atoms with van der Waals surface area (Å²) >= 11 is 3.38. The fourth-order valence-corrected chi connectivity index (χ4v) is 2.06. The topological polar surface area (TPSA) is 29.5 Å². The third-order valence-corrected chi connectivity index (χ3v) is 3.20. The van der Waals surface area contributed by atoms with E-state index in [1.807, 2.05) is 36.9 Å². The summed E-state index contributed by atoms with van der Waals surface area (Å²) in [5, 5.41) is 0. The van der Waals surface area contributed by atoms with Crippen LogP contribution in [-0.2, 0) is 11.2 Å². The van der Waals surface area contributed by atoms with Crippen LogP contribution >= 0.6 is 15.9 Å². The molecule has 0 saturated heterocycles. The van der Waals surface area contributed by atoms with Gasteiger partial charge in [-0.25, -0.2) is 0 Å². The van der Waals surface area contributed by atoms with Gasteiger partial charge in [-0.3, -0.25) is 4.79 Å². The lowest BCUT2D eigenvalue weighted by Crippen LogP contribution is -2.31. The van der Waals surface area contributed by atoms with E-state index in [0.717, 1.165) is 28.9 Å². The molecule has 0 aliphatic carbocycles. The highest BCUT2D eigenvalue weighted by molar-refractivity contribution is 9.10. The van der Waals surface area contributed by atoms with E-state index >= 15 is 0 Å². The molecular weight excluding hydrogens is 282 g/mol. The lowest BCUT2D eigenvalue weighted by molar-refractivity contribution is -0.130. The number of nitrogens with zero attached hydrogens (tertiary/aromatic N) is 1. The number of carbonyl (C=O) groups is 1. The predicted octanol–water partition coefficient (Wildman–Crippen LogP) is 2.87. The zero-order valence-corrected chi connectivity index (χ0v) is 12.1. The van der Waals surface area contributed by atoms with Gasteiger partial charge in [0.1, 0.15) is 5.75 Å². The Morgan fingerprint density at radius 1 is 1.35 bits per heavy atom. The van der Waals surface area contributed by atoms with Crippen molar-refractivity contribution in [1.29, 1.82) is 0 Å². The Balaban J connectivity index is 2.84. The summed E-state index contributed by atoms with van der Waals surface area (Å²) in [5.74, 6) is 0.885. The van der Waals surface area contributed by atoms with Gasteiger partial charge in [-0.05, 0) is 26.0 Å². The molecule has 0 fully saturated rings. The van der Waals surface area contributed by atoms with Crippen LogP contribution in [0.15, 0.2) is 22.7 Å². The number of benzene rings is 1. The number of carbonyl (C=O) groups excluding carboxylic acids is 1. The molecule has 1 aromatic carbocycles. The summed E-state index contributed by atoms with van der Waals surface area (Å²) in [6.45, 7) is 5.46. The van der Waals surface area contributed by atoms with Crippen LogP contribution in [0.4, 0.5) is 0 Å². The number of hydrogen-bond donors (Lipinski definition) is 0. The summed E-state index contributed by atoms with van der Waals surface area (Å²) in [7, 11) is 1.62. The highest BCUT2D eigenvalue weighted by atomic mass is 79.9. The molecule has 0 atom stereocenters. The van der Waals surface area contributed by atoms with Crippen molar-refractivity contribution in [1.82, 2.24) is 4.90 Å². The number of halogens is 1. The molecule has 0 N–H and O–H groups in total. The van der Waals surface area contributed by atoms with Crippen LogP contribution in [0.1, 0.15) is 19.4 Å². The van der Waals surface area contributed by atoms with Crippen LogP contribution in [0.3, 0.4) is 0 Å². The number of likely N-dealkylation sites (N-methyl/N-ethyl adjacent to an activating group) is 1. The Morgan fingerprint density at radius 2 is 2.00 bits per heavy atom. The molecule has 0 bridgehead atoms. The lowest BCUT2D eigenvalue weighted by Gasteiger charge is -2.19. The maximum Gasteiger partial charge on any atom is 0.227 e. The van der Waals surface area contributed by atoms with Gasteiger partial charge < -0.3 is 9.64 Å². The molecule has 0 saturated carbocycles. The minimum Gasteiger partial charge on any atom is -0.496 e. The smallest absolute Gasteiger partial charge is 0.227 e. The quantitative estimate of drug-likeness (QED) is 0.837. The molecule has 1 rings (SSSR count). The highest BCUT2D eigenvalue weighted by Gasteiger charge is 2.13. The standard InChI is InChI=1S/C13H18BrNO2/c1-4-15(5-2)13(16)8-10-6-7-11(14)9-12(10)17-3/h6-7,9H,4-5,8H2,1-3H3. The van der Waals surface area contributed by atoms with Gasteiger partial charge in [0.25, 0.3) is 0 Å². The minimum atomic E-state index is 0.135. The number of ether oxygens (including phenoxy) is 1. The minimum absolute atomic E-state index is 0.135. The molecule has 0 aliphatic rings. The summed E-state index contributed by atoms with van der Waals surface area (Å²) in [5.41, 5.74) is 0.924. The summed E-state index contributed by atoms with van der Waals surface area (Å²) in [6.07, 6.45) is 0.387. The van der Waals surface area contributed by atoms with E-state index in [-0.39, 0.29) is 5.91 Å². The van der Waals surface area contributed by atoms with Gasteiger partial charge in [0.2, 0.25) is 5.91 Å². The van der Waals surface area contributed by atoms with Crippen molar-refractivity contribution < 1.29 is 9.53 Å². The summed E-state index contributed by atoms with van der Waals surface area (Å²) in [4.78, 5) is 13.8. The average molecular weight is 300 g/mol. The Bertz CT molecular complexity index is 389. The Hall–Kier alpha value is -1.03. The van der Waals surface area contributed by atoms with Gasteiger partial charge in [0, 0.05) is 23.1 Å². The van der Waals surface area contributed by atoms with Crippen molar-refractivity contribution in [3.05, 3.63) is 28.2 Å². The molecule has 1 aromatic rings. The van der Waals surface area contributed by atoms with Gasteiger partial charge >= 0.3 is 0 Å². The maximum absolute atomic E-state index is 12.0. The molecule has 3 nitrogen and oxygen atoms in total. The van der Waals surface area contributed by atoms with Gasteiger partial charge in [0.15, 0.2) is 0 Å². The van der Waals surface area contributed by atoms with E-state index in [0.29, 0.717) is 6.42 Å². The fraction of sp³-hybridized carbons (Fsp3) is 0.462. The normalized spacial score (nSPS) is 10.1. The zero-order chi connectivity index (χ0) is 12.8. The fourth-order valence-electron chi connectivity index (χ4n) is 1.72. The van der Waals surface area contributed by atoms with E-state index in [1.54, 1.807) is 7.11 Å². The van der Waals surface area contributed by atoms with E-state index < -0.39 is 0 Å². The number of methoxy groups -OCH3 is 1. The predicted molar refractivity (Wildman–Crippen MR) is 72.3 cm³/mol. The van der Waals surface area contributed by atoms with Crippen molar-refractivity contribution in [3.63, 3.8) is 0 Å². The van der Waals surface area contributed by atoms with Crippen LogP contribution in [0.25, 0.3) is 0 Å². The Kier molecular flexibility index (Phi) is 5.48. The van der Waals surface area contributed by atoms with Gasteiger partial charge in [0.05, 0.1) is 13.5 Å². The van der Waals surface area contributed by atoms with E-state index in [9.17, 15) is 4.79 Å². The first kappa shape index (κ1) is 14.0. The third-order valence-electron chi connectivity index (χ3n) is 2.71. The lowest BCUT2D eigenvalue weighted by atomic mass is 10.1. The van der Waals surface area contributed by atoms with E-state index in [1.165, 1.54) is 0 Å². The van der Waals surface area contributed by atoms with Crippen molar-refractivity contribution in [2.45, 2.75) is 20.3 Å². The van der Waals surface area contributed by atoms with Gasteiger partial charge in [-0.15, -0.1) is 0 Å². The molecular formula is C13H18BrNO2. The molecule has 17 heavy (non-hydrogen) atoms. The second-order valence-corrected chi connectivity index (χ2v) is 4.61. The van der Waals surface area contributed by atoms with E-state index in [2.05, 4.69) is 15.9 Å². The van der Waals surface area contributed by atoms with Crippen LogP contribution in [0, 0.1) is 0 Å². The molecule has 0 aliphatic heterocycles. The number of rotatable bonds is 5. The van der Waals surface area contributed by atoms with Crippen LogP contribution in [0.2, 0.25) is 0 Å². The molecule has 0 radical (unpaired) electrons. The summed E-state index contributed by atoms with van der Waals surface area (Å²) < 4.78 is 6.23. The molecule has 4 heteroatoms. The van der Waals surface area contributed by atoms with Gasteiger partial charge in [-0.2, -0.15) is 0 Å².